The van der Waals surface area contributed by atoms with E-state index in [1.54, 1.807) is 18.2 Å². The Hall–Kier alpha value is -1.62. The Bertz CT molecular complexity index is 968. The fourth-order valence-corrected chi connectivity index (χ4v) is 4.68. The lowest BCUT2D eigenvalue weighted by Gasteiger charge is -2.16. The van der Waals surface area contributed by atoms with Crippen LogP contribution in [-0.2, 0) is 4.74 Å². The summed E-state index contributed by atoms with van der Waals surface area (Å²) in [5.41, 5.74) is 6.61. The Morgan fingerprint density at radius 2 is 1.89 bits per heavy atom. The molecule has 1 fully saturated rings. The topological polar surface area (TPSA) is 119 Å². The molecule has 4 N–H and O–H groups in total. The summed E-state index contributed by atoms with van der Waals surface area (Å²) in [7, 11) is 0. The van der Waals surface area contributed by atoms with Crippen LogP contribution in [0.2, 0.25) is 10.0 Å². The van der Waals surface area contributed by atoms with E-state index in [1.165, 1.54) is 29.0 Å². The van der Waals surface area contributed by atoms with Crippen LogP contribution in [0.1, 0.15) is 6.23 Å². The van der Waals surface area contributed by atoms with Gasteiger partial charge in [-0.1, -0.05) is 29.3 Å². The first kappa shape index (κ1) is 18.7. The van der Waals surface area contributed by atoms with Crippen LogP contribution in [0.3, 0.4) is 0 Å². The number of nitrogens with zero attached hydrogens (tertiary/aromatic N) is 4. The largest absolute Gasteiger partial charge is 0.387 e. The fourth-order valence-electron chi connectivity index (χ4n) is 2.94. The van der Waals surface area contributed by atoms with Crippen LogP contribution in [0.15, 0.2) is 35.7 Å². The maximum atomic E-state index is 10.5. The first-order valence-electron chi connectivity index (χ1n) is 7.98. The summed E-state index contributed by atoms with van der Waals surface area (Å²) in [5, 5.41) is 21.9. The van der Waals surface area contributed by atoms with Gasteiger partial charge in [0.15, 0.2) is 17.7 Å². The number of benzene rings is 1. The van der Waals surface area contributed by atoms with Gasteiger partial charge in [-0.25, -0.2) is 15.0 Å². The zero-order valence-electron chi connectivity index (χ0n) is 13.7. The normalized spacial score (nSPS) is 25.3. The second kappa shape index (κ2) is 7.42. The Morgan fingerprint density at radius 1 is 1.15 bits per heavy atom. The predicted octanol–water partition coefficient (Wildman–Crippen LogP) is 2.13. The third kappa shape index (κ3) is 3.35. The summed E-state index contributed by atoms with van der Waals surface area (Å²) in [5.74, 6) is 0.578. The first-order valence-corrected chi connectivity index (χ1v) is 9.73. The molecule has 1 aliphatic heterocycles. The van der Waals surface area contributed by atoms with Crippen molar-refractivity contribution in [3.8, 4) is 0 Å². The molecule has 0 aliphatic carbocycles. The minimum Gasteiger partial charge on any atom is -0.387 e. The molecule has 0 bridgehead atoms. The van der Waals surface area contributed by atoms with Gasteiger partial charge in [-0.15, -0.1) is 11.8 Å². The summed E-state index contributed by atoms with van der Waals surface area (Å²) >= 11 is 13.7. The minimum atomic E-state index is -1.16. The van der Waals surface area contributed by atoms with Gasteiger partial charge in [0.05, 0.1) is 22.5 Å². The lowest BCUT2D eigenvalue weighted by atomic mass is 10.1. The second-order valence-corrected chi connectivity index (χ2v) is 7.84. The highest BCUT2D eigenvalue weighted by Crippen LogP contribution is 2.38. The highest BCUT2D eigenvalue weighted by molar-refractivity contribution is 7.99. The van der Waals surface area contributed by atoms with E-state index in [1.807, 2.05) is 0 Å². The first-order chi connectivity index (χ1) is 13.0. The SMILES string of the molecule is Nc1ncnc2c1ncn2[C@@H]1O[C@H](CSc2c(Cl)cccc2Cl)[C@@H](O)[C@H]1O. The number of nitrogens with two attached hydrogens (primary N) is 1. The number of anilines is 1. The molecule has 4 atom stereocenters. The van der Waals surface area contributed by atoms with Crippen LogP contribution in [0.25, 0.3) is 11.2 Å². The van der Waals surface area contributed by atoms with Crippen molar-refractivity contribution in [1.29, 1.82) is 0 Å². The third-order valence-corrected chi connectivity index (χ3v) is 6.39. The quantitative estimate of drug-likeness (QED) is 0.541. The van der Waals surface area contributed by atoms with Crippen molar-refractivity contribution in [1.82, 2.24) is 19.5 Å². The van der Waals surface area contributed by atoms with E-state index < -0.39 is 24.5 Å². The van der Waals surface area contributed by atoms with E-state index >= 15 is 0 Å². The van der Waals surface area contributed by atoms with Gasteiger partial charge in [0, 0.05) is 10.6 Å². The van der Waals surface area contributed by atoms with E-state index in [4.69, 9.17) is 33.7 Å². The molecule has 142 valence electrons. The number of rotatable bonds is 4. The lowest BCUT2D eigenvalue weighted by Crippen LogP contribution is -2.32. The highest BCUT2D eigenvalue weighted by Gasteiger charge is 2.44. The molecule has 4 rings (SSSR count). The zero-order valence-corrected chi connectivity index (χ0v) is 16.1. The smallest absolute Gasteiger partial charge is 0.167 e. The van der Waals surface area contributed by atoms with Crippen LogP contribution in [-0.4, -0.2) is 53.8 Å². The standard InChI is InChI=1S/C16H15Cl2N5O3S/c17-7-2-1-3-8(18)13(7)27-4-9-11(24)12(25)16(26-9)23-6-22-10-14(19)20-5-21-15(10)23/h1-3,5-6,9,11-12,16,24-25H,4H2,(H2,19,20,21)/t9-,11-,12-,16-/m1/s1. The molecule has 0 saturated carbocycles. The van der Waals surface area contributed by atoms with E-state index in [-0.39, 0.29) is 5.82 Å². The predicted molar refractivity (Wildman–Crippen MR) is 103 cm³/mol. The molecular formula is C16H15Cl2N5O3S. The summed E-state index contributed by atoms with van der Waals surface area (Å²) in [6.45, 7) is 0. The molecule has 1 aromatic carbocycles. The van der Waals surface area contributed by atoms with Gasteiger partial charge in [0.1, 0.15) is 24.1 Å². The number of aromatic nitrogens is 4. The van der Waals surface area contributed by atoms with Gasteiger partial charge in [-0.2, -0.15) is 0 Å². The minimum absolute atomic E-state index is 0.229. The molecule has 0 radical (unpaired) electrons. The molecule has 0 unspecified atom stereocenters. The van der Waals surface area contributed by atoms with Gasteiger partial charge >= 0.3 is 0 Å². The van der Waals surface area contributed by atoms with Crippen molar-refractivity contribution in [2.75, 3.05) is 11.5 Å². The van der Waals surface area contributed by atoms with Crippen molar-refractivity contribution in [2.24, 2.45) is 0 Å². The van der Waals surface area contributed by atoms with Gasteiger partial charge in [0.25, 0.3) is 0 Å². The molecule has 3 aromatic rings. The third-order valence-electron chi connectivity index (χ3n) is 4.31. The Kier molecular flexibility index (Phi) is 5.15. The van der Waals surface area contributed by atoms with Crippen molar-refractivity contribution < 1.29 is 14.9 Å². The number of fused-ring (bicyclic) bond motifs is 1. The molecule has 11 heteroatoms. The number of aliphatic hydroxyl groups is 2. The summed E-state index contributed by atoms with van der Waals surface area (Å²) in [6.07, 6.45) is -0.992. The molecule has 1 saturated heterocycles. The number of halogens is 2. The number of thioether (sulfide) groups is 1. The van der Waals surface area contributed by atoms with Crippen LogP contribution in [0, 0.1) is 0 Å². The molecule has 1 aliphatic rings. The molecule has 27 heavy (non-hydrogen) atoms. The van der Waals surface area contributed by atoms with Gasteiger partial charge < -0.3 is 20.7 Å². The maximum absolute atomic E-state index is 10.5. The summed E-state index contributed by atoms with van der Waals surface area (Å²) in [6, 6.07) is 5.23. The van der Waals surface area contributed by atoms with E-state index in [0.29, 0.717) is 31.9 Å². The Labute approximate surface area is 168 Å². The van der Waals surface area contributed by atoms with Gasteiger partial charge in [-0.3, -0.25) is 4.57 Å². The number of nitrogen functional groups attached to an aromatic ring is 1. The molecule has 2 aromatic heterocycles. The van der Waals surface area contributed by atoms with Crippen LogP contribution < -0.4 is 5.73 Å². The lowest BCUT2D eigenvalue weighted by molar-refractivity contribution is -0.0289. The van der Waals surface area contributed by atoms with Crippen molar-refractivity contribution in [3.05, 3.63) is 40.9 Å². The number of hydrogen-bond donors (Lipinski definition) is 3. The Morgan fingerprint density at radius 3 is 2.63 bits per heavy atom. The van der Waals surface area contributed by atoms with Crippen LogP contribution in [0.5, 0.6) is 0 Å². The zero-order chi connectivity index (χ0) is 19.1. The Balaban J connectivity index is 1.55. The molecular weight excluding hydrogens is 413 g/mol. The maximum Gasteiger partial charge on any atom is 0.167 e. The van der Waals surface area contributed by atoms with E-state index in [9.17, 15) is 10.2 Å². The average molecular weight is 428 g/mol. The van der Waals surface area contributed by atoms with E-state index in [0.717, 1.165) is 0 Å². The number of aliphatic hydroxyl groups excluding tert-OH is 2. The molecule has 0 amide bonds. The molecule has 0 spiro atoms. The van der Waals surface area contributed by atoms with Crippen LogP contribution >= 0.6 is 35.0 Å². The summed E-state index contributed by atoms with van der Waals surface area (Å²) < 4.78 is 7.43. The monoisotopic (exact) mass is 427 g/mol. The van der Waals surface area contributed by atoms with Crippen LogP contribution in [0.4, 0.5) is 5.82 Å². The van der Waals surface area contributed by atoms with Gasteiger partial charge in [0.2, 0.25) is 0 Å². The number of imidazole rings is 1. The van der Waals surface area contributed by atoms with Crippen molar-refractivity contribution in [3.63, 3.8) is 0 Å². The van der Waals surface area contributed by atoms with Crippen molar-refractivity contribution >= 4 is 51.9 Å². The highest BCUT2D eigenvalue weighted by atomic mass is 35.5. The number of hydrogen-bond acceptors (Lipinski definition) is 8. The van der Waals surface area contributed by atoms with Gasteiger partial charge in [-0.05, 0) is 12.1 Å². The average Bonchev–Trinajstić information content (AvgIpc) is 3.18. The second-order valence-electron chi connectivity index (χ2n) is 5.99. The number of ether oxygens (including phenoxy) is 1. The van der Waals surface area contributed by atoms with E-state index in [2.05, 4.69) is 15.0 Å². The molecule has 8 nitrogen and oxygen atoms in total. The summed E-state index contributed by atoms with van der Waals surface area (Å²) in [4.78, 5) is 12.9. The van der Waals surface area contributed by atoms with Crippen molar-refractivity contribution in [2.45, 2.75) is 29.4 Å². The fraction of sp³-hybridized carbons (Fsp3) is 0.312. The molecule has 3 heterocycles.